The number of aromatic nitrogens is 2. The molecule has 0 saturated carbocycles. The van der Waals surface area contributed by atoms with Crippen molar-refractivity contribution < 1.29 is 4.39 Å². The zero-order valence-electron chi connectivity index (χ0n) is 10.6. The molecule has 4 heteroatoms. The summed E-state index contributed by atoms with van der Waals surface area (Å²) in [6.45, 7) is 2.54. The van der Waals surface area contributed by atoms with E-state index in [0.29, 0.717) is 18.5 Å². The maximum absolute atomic E-state index is 13.9. The minimum Gasteiger partial charge on any atom is -0.330 e. The van der Waals surface area contributed by atoms with Gasteiger partial charge in [-0.25, -0.2) is 9.37 Å². The van der Waals surface area contributed by atoms with Crippen molar-refractivity contribution >= 4 is 0 Å². The van der Waals surface area contributed by atoms with E-state index in [4.69, 9.17) is 5.73 Å². The van der Waals surface area contributed by atoms with Crippen LogP contribution in [0, 0.1) is 5.82 Å². The number of imidazole rings is 1. The monoisotopic (exact) mass is 247 g/mol. The second kappa shape index (κ2) is 5.78. The molecule has 0 bridgehead atoms. The van der Waals surface area contributed by atoms with E-state index < -0.39 is 0 Å². The summed E-state index contributed by atoms with van der Waals surface area (Å²) in [4.78, 5) is 4.32. The second-order valence-electron chi connectivity index (χ2n) is 4.24. The molecule has 0 atom stereocenters. The molecule has 0 unspecified atom stereocenters. The third-order valence-corrected chi connectivity index (χ3v) is 2.94. The number of benzene rings is 1. The first-order valence-electron chi connectivity index (χ1n) is 6.28. The Hall–Kier alpha value is -1.68. The summed E-state index contributed by atoms with van der Waals surface area (Å²) >= 11 is 0. The number of hydrogen-bond acceptors (Lipinski definition) is 2. The molecule has 0 aliphatic rings. The van der Waals surface area contributed by atoms with Crippen molar-refractivity contribution in [3.8, 4) is 5.69 Å². The molecule has 0 spiro atoms. The quantitative estimate of drug-likeness (QED) is 0.882. The smallest absolute Gasteiger partial charge is 0.128 e. The molecule has 2 aromatic rings. The van der Waals surface area contributed by atoms with Crippen molar-refractivity contribution in [2.45, 2.75) is 26.2 Å². The Balaban J connectivity index is 2.49. The third kappa shape index (κ3) is 2.43. The fourth-order valence-corrected chi connectivity index (χ4v) is 2.13. The lowest BCUT2D eigenvalue weighted by Gasteiger charge is -2.13. The Kier molecular flexibility index (Phi) is 4.10. The van der Waals surface area contributed by atoms with Gasteiger partial charge in [0.05, 0.1) is 5.69 Å². The lowest BCUT2D eigenvalue weighted by Crippen LogP contribution is -2.10. The number of nitrogens with zero attached hydrogens (tertiary/aromatic N) is 2. The Labute approximate surface area is 106 Å². The fraction of sp³-hybridized carbons (Fsp3) is 0.357. The molecule has 1 heterocycles. The maximum atomic E-state index is 13.9. The molecule has 0 saturated heterocycles. The van der Waals surface area contributed by atoms with Crippen LogP contribution in [0.5, 0.6) is 0 Å². The number of halogens is 1. The molecule has 1 aromatic heterocycles. The van der Waals surface area contributed by atoms with Gasteiger partial charge in [-0.2, -0.15) is 0 Å². The Morgan fingerprint density at radius 3 is 2.89 bits per heavy atom. The first kappa shape index (κ1) is 12.8. The van der Waals surface area contributed by atoms with Crippen LogP contribution in [-0.2, 0) is 12.8 Å². The molecule has 0 radical (unpaired) electrons. The minimum atomic E-state index is -0.200. The molecule has 18 heavy (non-hydrogen) atoms. The highest BCUT2D eigenvalue weighted by molar-refractivity contribution is 5.43. The number of rotatable bonds is 5. The summed E-state index contributed by atoms with van der Waals surface area (Å²) in [5.41, 5.74) is 7.07. The van der Waals surface area contributed by atoms with Gasteiger partial charge in [0, 0.05) is 24.4 Å². The number of aryl methyl sites for hydroxylation is 1. The highest BCUT2D eigenvalue weighted by atomic mass is 19.1. The average Bonchev–Trinajstić information content (AvgIpc) is 2.81. The van der Waals surface area contributed by atoms with Gasteiger partial charge in [0.2, 0.25) is 0 Å². The van der Waals surface area contributed by atoms with E-state index in [9.17, 15) is 4.39 Å². The lowest BCUT2D eigenvalue weighted by molar-refractivity contribution is 0.606. The average molecular weight is 247 g/mol. The van der Waals surface area contributed by atoms with Gasteiger partial charge in [-0.1, -0.05) is 13.0 Å². The standard InChI is InChI=1S/C14H18FN3/c1-2-4-14-17-9-10-18(14)13-6-3-5-12(15)11(13)7-8-16/h3,5-6,9-10H,2,4,7-8,16H2,1H3. The van der Waals surface area contributed by atoms with E-state index in [1.54, 1.807) is 12.3 Å². The second-order valence-corrected chi connectivity index (χ2v) is 4.24. The highest BCUT2D eigenvalue weighted by Crippen LogP contribution is 2.20. The summed E-state index contributed by atoms with van der Waals surface area (Å²) < 4.78 is 15.8. The van der Waals surface area contributed by atoms with Crippen molar-refractivity contribution in [2.24, 2.45) is 5.73 Å². The summed E-state index contributed by atoms with van der Waals surface area (Å²) in [6, 6.07) is 5.11. The summed E-state index contributed by atoms with van der Waals surface area (Å²) in [6.07, 6.45) is 6.05. The van der Waals surface area contributed by atoms with Gasteiger partial charge in [0.15, 0.2) is 0 Å². The van der Waals surface area contributed by atoms with Gasteiger partial charge in [-0.15, -0.1) is 0 Å². The van der Waals surface area contributed by atoms with E-state index in [1.165, 1.54) is 6.07 Å². The molecule has 2 N–H and O–H groups in total. The van der Waals surface area contributed by atoms with E-state index in [0.717, 1.165) is 24.4 Å². The van der Waals surface area contributed by atoms with Gasteiger partial charge in [-0.3, -0.25) is 0 Å². The maximum Gasteiger partial charge on any atom is 0.128 e. The van der Waals surface area contributed by atoms with Crippen LogP contribution in [0.4, 0.5) is 4.39 Å². The fourth-order valence-electron chi connectivity index (χ4n) is 2.13. The molecular formula is C14H18FN3. The van der Waals surface area contributed by atoms with Crippen molar-refractivity contribution in [1.82, 2.24) is 9.55 Å². The summed E-state index contributed by atoms with van der Waals surface area (Å²) in [5.74, 6) is 0.760. The molecular weight excluding hydrogens is 229 g/mol. The van der Waals surface area contributed by atoms with E-state index >= 15 is 0 Å². The van der Waals surface area contributed by atoms with Crippen LogP contribution in [0.2, 0.25) is 0 Å². The SMILES string of the molecule is CCCc1nccn1-c1cccc(F)c1CCN. The van der Waals surface area contributed by atoms with Crippen LogP contribution >= 0.6 is 0 Å². The van der Waals surface area contributed by atoms with Crippen LogP contribution < -0.4 is 5.73 Å². The van der Waals surface area contributed by atoms with Crippen LogP contribution in [0.3, 0.4) is 0 Å². The lowest BCUT2D eigenvalue weighted by atomic mass is 10.1. The Bertz CT molecular complexity index is 520. The molecule has 3 nitrogen and oxygen atoms in total. The van der Waals surface area contributed by atoms with Gasteiger partial charge in [0.25, 0.3) is 0 Å². The Morgan fingerprint density at radius 1 is 1.33 bits per heavy atom. The van der Waals surface area contributed by atoms with Crippen molar-refractivity contribution in [2.75, 3.05) is 6.54 Å². The van der Waals surface area contributed by atoms with E-state index in [1.807, 2.05) is 16.8 Å². The topological polar surface area (TPSA) is 43.8 Å². The molecule has 1 aromatic carbocycles. The largest absolute Gasteiger partial charge is 0.330 e. The minimum absolute atomic E-state index is 0.200. The Morgan fingerprint density at radius 2 is 2.17 bits per heavy atom. The van der Waals surface area contributed by atoms with Gasteiger partial charge < -0.3 is 10.3 Å². The van der Waals surface area contributed by atoms with Crippen LogP contribution in [0.1, 0.15) is 24.7 Å². The summed E-state index contributed by atoms with van der Waals surface area (Å²) in [5, 5.41) is 0. The van der Waals surface area contributed by atoms with Gasteiger partial charge in [-0.05, 0) is 31.5 Å². The predicted octanol–water partition coefficient (Wildman–Crippen LogP) is 2.47. The third-order valence-electron chi connectivity index (χ3n) is 2.94. The normalized spacial score (nSPS) is 10.8. The predicted molar refractivity (Wildman–Crippen MR) is 70.3 cm³/mol. The summed E-state index contributed by atoms with van der Waals surface area (Å²) in [7, 11) is 0. The van der Waals surface area contributed by atoms with E-state index in [-0.39, 0.29) is 5.82 Å². The zero-order valence-corrected chi connectivity index (χ0v) is 10.6. The molecule has 0 amide bonds. The first-order chi connectivity index (χ1) is 8.77. The van der Waals surface area contributed by atoms with Crippen molar-refractivity contribution in [1.29, 1.82) is 0 Å². The van der Waals surface area contributed by atoms with Crippen molar-refractivity contribution in [3.05, 3.63) is 47.8 Å². The highest BCUT2D eigenvalue weighted by Gasteiger charge is 2.11. The molecule has 0 aliphatic heterocycles. The van der Waals surface area contributed by atoms with Crippen LogP contribution in [0.25, 0.3) is 5.69 Å². The number of nitrogens with two attached hydrogens (primary N) is 1. The zero-order chi connectivity index (χ0) is 13.0. The molecule has 0 fully saturated rings. The van der Waals surface area contributed by atoms with Crippen molar-refractivity contribution in [3.63, 3.8) is 0 Å². The van der Waals surface area contributed by atoms with Crippen LogP contribution in [0.15, 0.2) is 30.6 Å². The number of hydrogen-bond donors (Lipinski definition) is 1. The molecule has 96 valence electrons. The van der Waals surface area contributed by atoms with E-state index in [2.05, 4.69) is 11.9 Å². The van der Waals surface area contributed by atoms with Gasteiger partial charge >= 0.3 is 0 Å². The molecule has 0 aliphatic carbocycles. The van der Waals surface area contributed by atoms with Crippen LogP contribution in [-0.4, -0.2) is 16.1 Å². The molecule has 2 rings (SSSR count). The van der Waals surface area contributed by atoms with Gasteiger partial charge in [0.1, 0.15) is 11.6 Å². The first-order valence-corrected chi connectivity index (χ1v) is 6.28.